The summed E-state index contributed by atoms with van der Waals surface area (Å²) in [6.07, 6.45) is 3.19. The van der Waals surface area contributed by atoms with Crippen molar-refractivity contribution in [3.8, 4) is 0 Å². The summed E-state index contributed by atoms with van der Waals surface area (Å²) in [5.74, 6) is 0.194. The quantitative estimate of drug-likeness (QED) is 0.922. The van der Waals surface area contributed by atoms with Crippen LogP contribution < -0.4 is 10.2 Å². The van der Waals surface area contributed by atoms with Crippen LogP contribution in [0.1, 0.15) is 37.8 Å². The van der Waals surface area contributed by atoms with Gasteiger partial charge in [-0.3, -0.25) is 9.69 Å². The lowest BCUT2D eigenvalue weighted by Gasteiger charge is -2.33. The van der Waals surface area contributed by atoms with E-state index >= 15 is 0 Å². The van der Waals surface area contributed by atoms with Gasteiger partial charge in [0.25, 0.3) is 0 Å². The van der Waals surface area contributed by atoms with Gasteiger partial charge in [0.05, 0.1) is 0 Å². The Balaban J connectivity index is 1.68. The lowest BCUT2D eigenvalue weighted by atomic mass is 9.96. The molecule has 1 amide bonds. The molecular formula is C17H25N3O. The number of likely N-dealkylation sites (tertiary alicyclic amines) is 1. The molecule has 2 unspecified atom stereocenters. The maximum atomic E-state index is 12.1. The van der Waals surface area contributed by atoms with Crippen LogP contribution in [-0.2, 0) is 4.79 Å². The number of amides is 1. The highest BCUT2D eigenvalue weighted by Gasteiger charge is 2.29. The Kier molecular flexibility index (Phi) is 4.27. The van der Waals surface area contributed by atoms with Gasteiger partial charge in [0.1, 0.15) is 0 Å². The second-order valence-corrected chi connectivity index (χ2v) is 6.27. The van der Waals surface area contributed by atoms with Gasteiger partial charge in [-0.2, -0.15) is 0 Å². The van der Waals surface area contributed by atoms with Gasteiger partial charge in [-0.1, -0.05) is 18.2 Å². The molecule has 2 aliphatic rings. The summed E-state index contributed by atoms with van der Waals surface area (Å²) in [4.78, 5) is 16.5. The van der Waals surface area contributed by atoms with Crippen molar-refractivity contribution < 1.29 is 4.79 Å². The molecular weight excluding hydrogens is 262 g/mol. The van der Waals surface area contributed by atoms with Crippen LogP contribution in [0.4, 0.5) is 5.69 Å². The molecule has 2 atom stereocenters. The first-order valence-electron chi connectivity index (χ1n) is 7.99. The van der Waals surface area contributed by atoms with Crippen molar-refractivity contribution in [3.63, 3.8) is 0 Å². The number of para-hydroxylation sites is 1. The standard InChI is InChI=1S/C17H25N3O/c1-13(20-9-5-6-10-20)12-18-15-11-17(21)19(2)16-8-4-3-7-14(15)16/h3-4,7-8,13,15,18H,5-6,9-12H2,1-2H3. The second-order valence-electron chi connectivity index (χ2n) is 6.27. The highest BCUT2D eigenvalue weighted by Crippen LogP contribution is 2.33. The van der Waals surface area contributed by atoms with Gasteiger partial charge in [0, 0.05) is 37.8 Å². The smallest absolute Gasteiger partial charge is 0.228 e. The lowest BCUT2D eigenvalue weighted by molar-refractivity contribution is -0.119. The van der Waals surface area contributed by atoms with Gasteiger partial charge in [-0.15, -0.1) is 0 Å². The van der Waals surface area contributed by atoms with Crippen molar-refractivity contribution in [1.82, 2.24) is 10.2 Å². The number of fused-ring (bicyclic) bond motifs is 1. The number of nitrogens with zero attached hydrogens (tertiary/aromatic N) is 2. The third-order valence-electron chi connectivity index (χ3n) is 4.85. The fourth-order valence-corrected chi connectivity index (χ4v) is 3.45. The van der Waals surface area contributed by atoms with Gasteiger partial charge in [-0.05, 0) is 44.5 Å². The number of carbonyl (C=O) groups is 1. The Morgan fingerprint density at radius 2 is 2.00 bits per heavy atom. The molecule has 3 rings (SSSR count). The number of benzene rings is 1. The molecule has 4 heteroatoms. The molecule has 0 aliphatic carbocycles. The minimum atomic E-state index is 0.148. The summed E-state index contributed by atoms with van der Waals surface area (Å²) < 4.78 is 0. The predicted octanol–water partition coefficient (Wildman–Crippen LogP) is 2.17. The van der Waals surface area contributed by atoms with Crippen molar-refractivity contribution in [3.05, 3.63) is 29.8 Å². The summed E-state index contributed by atoms with van der Waals surface area (Å²) in [6.45, 7) is 5.65. The maximum absolute atomic E-state index is 12.1. The number of anilines is 1. The Bertz CT molecular complexity index is 511. The molecule has 0 bridgehead atoms. The van der Waals surface area contributed by atoms with E-state index in [-0.39, 0.29) is 11.9 Å². The van der Waals surface area contributed by atoms with Gasteiger partial charge >= 0.3 is 0 Å². The minimum Gasteiger partial charge on any atom is -0.315 e. The third kappa shape index (κ3) is 2.97. The molecule has 1 saturated heterocycles. The van der Waals surface area contributed by atoms with Crippen LogP contribution in [0.15, 0.2) is 24.3 Å². The first kappa shape index (κ1) is 14.5. The van der Waals surface area contributed by atoms with Crippen molar-refractivity contribution in [2.75, 3.05) is 31.6 Å². The zero-order valence-electron chi connectivity index (χ0n) is 13.0. The first-order valence-corrected chi connectivity index (χ1v) is 7.99. The molecule has 21 heavy (non-hydrogen) atoms. The SMILES string of the molecule is CC(CNC1CC(=O)N(C)c2ccccc21)N1CCCC1. The van der Waals surface area contributed by atoms with E-state index in [1.807, 2.05) is 19.2 Å². The van der Waals surface area contributed by atoms with Crippen LogP contribution in [-0.4, -0.2) is 43.5 Å². The average Bonchev–Trinajstić information content (AvgIpc) is 3.03. The fourth-order valence-electron chi connectivity index (χ4n) is 3.45. The molecule has 1 aromatic rings. The Morgan fingerprint density at radius 3 is 2.76 bits per heavy atom. The molecule has 1 fully saturated rings. The summed E-state index contributed by atoms with van der Waals surface area (Å²) in [6, 6.07) is 8.91. The van der Waals surface area contributed by atoms with Crippen LogP contribution in [0.5, 0.6) is 0 Å². The normalized spacial score (nSPS) is 24.2. The predicted molar refractivity (Wildman–Crippen MR) is 85.5 cm³/mol. The Morgan fingerprint density at radius 1 is 1.29 bits per heavy atom. The molecule has 2 aliphatic heterocycles. The summed E-state index contributed by atoms with van der Waals surface area (Å²) in [5, 5.41) is 3.62. The molecule has 0 aromatic heterocycles. The summed E-state index contributed by atoms with van der Waals surface area (Å²) in [5.41, 5.74) is 2.29. The molecule has 0 saturated carbocycles. The molecule has 1 N–H and O–H groups in total. The van der Waals surface area contributed by atoms with E-state index in [1.54, 1.807) is 4.90 Å². The van der Waals surface area contributed by atoms with E-state index in [0.717, 1.165) is 12.2 Å². The fraction of sp³-hybridized carbons (Fsp3) is 0.588. The topological polar surface area (TPSA) is 35.6 Å². The van der Waals surface area contributed by atoms with Gasteiger partial charge in [0.15, 0.2) is 0 Å². The van der Waals surface area contributed by atoms with E-state index in [2.05, 4.69) is 29.3 Å². The number of carbonyl (C=O) groups excluding carboxylic acids is 1. The van der Waals surface area contributed by atoms with E-state index in [9.17, 15) is 4.79 Å². The van der Waals surface area contributed by atoms with Gasteiger partial charge in [0.2, 0.25) is 5.91 Å². The van der Waals surface area contributed by atoms with Crippen LogP contribution in [0.25, 0.3) is 0 Å². The van der Waals surface area contributed by atoms with E-state index in [4.69, 9.17) is 0 Å². The summed E-state index contributed by atoms with van der Waals surface area (Å²) >= 11 is 0. The molecule has 0 radical (unpaired) electrons. The van der Waals surface area contributed by atoms with E-state index in [0.29, 0.717) is 12.5 Å². The van der Waals surface area contributed by atoms with Crippen LogP contribution in [0.2, 0.25) is 0 Å². The van der Waals surface area contributed by atoms with Crippen molar-refractivity contribution >= 4 is 11.6 Å². The first-order chi connectivity index (χ1) is 10.2. The van der Waals surface area contributed by atoms with Crippen molar-refractivity contribution in [2.45, 2.75) is 38.3 Å². The zero-order valence-corrected chi connectivity index (χ0v) is 13.0. The molecule has 0 spiro atoms. The van der Waals surface area contributed by atoms with E-state index < -0.39 is 0 Å². The number of hydrogen-bond acceptors (Lipinski definition) is 3. The van der Waals surface area contributed by atoms with Gasteiger partial charge < -0.3 is 10.2 Å². The molecule has 1 aromatic carbocycles. The van der Waals surface area contributed by atoms with E-state index in [1.165, 1.54) is 31.5 Å². The zero-order chi connectivity index (χ0) is 14.8. The third-order valence-corrected chi connectivity index (χ3v) is 4.85. The highest BCUT2D eigenvalue weighted by atomic mass is 16.2. The maximum Gasteiger partial charge on any atom is 0.228 e. The Hall–Kier alpha value is -1.39. The summed E-state index contributed by atoms with van der Waals surface area (Å²) in [7, 11) is 1.87. The largest absolute Gasteiger partial charge is 0.315 e. The van der Waals surface area contributed by atoms with Crippen LogP contribution in [0.3, 0.4) is 0 Å². The van der Waals surface area contributed by atoms with Crippen LogP contribution >= 0.6 is 0 Å². The Labute approximate surface area is 127 Å². The minimum absolute atomic E-state index is 0.148. The monoisotopic (exact) mass is 287 g/mol. The number of nitrogens with one attached hydrogen (secondary N) is 1. The second kappa shape index (κ2) is 6.16. The van der Waals surface area contributed by atoms with Crippen molar-refractivity contribution in [1.29, 1.82) is 0 Å². The number of rotatable bonds is 4. The molecule has 4 nitrogen and oxygen atoms in total. The molecule has 2 heterocycles. The van der Waals surface area contributed by atoms with Crippen LogP contribution in [0, 0.1) is 0 Å². The molecule has 114 valence electrons. The lowest BCUT2D eigenvalue weighted by Crippen LogP contribution is -2.43. The van der Waals surface area contributed by atoms with Crippen molar-refractivity contribution in [2.24, 2.45) is 0 Å². The van der Waals surface area contributed by atoms with Gasteiger partial charge in [-0.25, -0.2) is 0 Å². The number of hydrogen-bond donors (Lipinski definition) is 1. The average molecular weight is 287 g/mol. The highest BCUT2D eigenvalue weighted by molar-refractivity contribution is 5.96.